The van der Waals surface area contributed by atoms with Crippen molar-refractivity contribution in [3.8, 4) is 0 Å². The fraction of sp³-hybridized carbons (Fsp3) is 0.583. The van der Waals surface area contributed by atoms with Crippen molar-refractivity contribution in [3.63, 3.8) is 0 Å². The van der Waals surface area contributed by atoms with Gasteiger partial charge in [-0.25, -0.2) is 8.42 Å². The molecule has 1 saturated carbocycles. The minimum absolute atomic E-state index is 0.147. The van der Waals surface area contributed by atoms with Gasteiger partial charge in [-0.3, -0.25) is 4.79 Å². The maximum atomic E-state index is 12.4. The van der Waals surface area contributed by atoms with Gasteiger partial charge in [0.15, 0.2) is 0 Å². The molecule has 0 radical (unpaired) electrons. The van der Waals surface area contributed by atoms with Crippen molar-refractivity contribution in [2.45, 2.75) is 43.5 Å². The lowest BCUT2D eigenvalue weighted by atomic mass is 10.3. The predicted molar refractivity (Wildman–Crippen MR) is 68.9 cm³/mol. The Morgan fingerprint density at radius 1 is 1.39 bits per heavy atom. The Morgan fingerprint density at radius 2 is 2.11 bits per heavy atom. The summed E-state index contributed by atoms with van der Waals surface area (Å²) in [6, 6.07) is 2.77. The smallest absolute Gasteiger partial charge is 0.247 e. The number of pyridine rings is 1. The first kappa shape index (κ1) is 13.3. The summed E-state index contributed by atoms with van der Waals surface area (Å²) in [6.45, 7) is 2.60. The molecule has 0 amide bonds. The summed E-state index contributed by atoms with van der Waals surface area (Å²) in [5.41, 5.74) is -0.291. The van der Waals surface area contributed by atoms with E-state index in [1.807, 2.05) is 6.92 Å². The minimum Gasteiger partial charge on any atom is -0.328 e. The fourth-order valence-corrected chi connectivity index (χ4v) is 3.56. The quantitative estimate of drug-likeness (QED) is 0.847. The summed E-state index contributed by atoms with van der Waals surface area (Å²) in [4.78, 5) is 13.6. The first-order chi connectivity index (χ1) is 8.55. The third kappa shape index (κ3) is 2.81. The van der Waals surface area contributed by atoms with E-state index in [9.17, 15) is 13.2 Å². The standard InChI is InChI=1S/C12H18N2O3S/c1-2-3-8-14(10-4-5-10)18(16,17)11-6-7-12(15)13-9-11/h6-7,9-10H,2-5,8H2,1H3,(H,13,15). The van der Waals surface area contributed by atoms with Gasteiger partial charge in [0, 0.05) is 24.8 Å². The first-order valence-electron chi connectivity index (χ1n) is 6.26. The Morgan fingerprint density at radius 3 is 2.61 bits per heavy atom. The number of H-pyrrole nitrogens is 1. The molecule has 5 nitrogen and oxygen atoms in total. The van der Waals surface area contributed by atoms with Crippen LogP contribution in [0.25, 0.3) is 0 Å². The molecule has 0 spiro atoms. The molecule has 1 aromatic heterocycles. The molecule has 0 unspecified atom stereocenters. The molecule has 18 heavy (non-hydrogen) atoms. The van der Waals surface area contributed by atoms with E-state index < -0.39 is 10.0 Å². The van der Waals surface area contributed by atoms with Crippen molar-refractivity contribution in [1.29, 1.82) is 0 Å². The Bertz CT molecular complexity index is 540. The fourth-order valence-electron chi connectivity index (χ4n) is 1.87. The molecule has 0 aliphatic heterocycles. The van der Waals surface area contributed by atoms with Crippen LogP contribution in [0.1, 0.15) is 32.6 Å². The average molecular weight is 270 g/mol. The van der Waals surface area contributed by atoms with Crippen molar-refractivity contribution in [2.24, 2.45) is 0 Å². The van der Waals surface area contributed by atoms with Crippen LogP contribution in [0.4, 0.5) is 0 Å². The summed E-state index contributed by atoms with van der Waals surface area (Å²) in [6.07, 6.45) is 4.97. The molecule has 1 aliphatic rings. The molecule has 0 atom stereocenters. The Labute approximate surface area is 107 Å². The van der Waals surface area contributed by atoms with E-state index >= 15 is 0 Å². The monoisotopic (exact) mass is 270 g/mol. The Kier molecular flexibility index (Phi) is 3.87. The zero-order valence-electron chi connectivity index (χ0n) is 10.4. The normalized spacial score (nSPS) is 16.1. The molecule has 100 valence electrons. The minimum atomic E-state index is -3.46. The topological polar surface area (TPSA) is 70.2 Å². The molecule has 1 aliphatic carbocycles. The Balaban J connectivity index is 2.26. The number of hydrogen-bond acceptors (Lipinski definition) is 3. The second kappa shape index (κ2) is 5.24. The molecule has 1 aromatic rings. The average Bonchev–Trinajstić information content (AvgIpc) is 3.14. The van der Waals surface area contributed by atoms with Crippen LogP contribution in [0.15, 0.2) is 28.0 Å². The second-order valence-corrected chi connectivity index (χ2v) is 6.48. The zero-order valence-corrected chi connectivity index (χ0v) is 11.2. The Hall–Kier alpha value is -1.14. The van der Waals surface area contributed by atoms with Crippen LogP contribution in [-0.4, -0.2) is 30.3 Å². The molecule has 1 fully saturated rings. The van der Waals surface area contributed by atoms with Crippen molar-refractivity contribution >= 4 is 10.0 Å². The molecule has 0 saturated heterocycles. The number of aromatic amines is 1. The van der Waals surface area contributed by atoms with Gasteiger partial charge in [0.05, 0.1) is 4.90 Å². The number of hydrogen-bond donors (Lipinski definition) is 1. The molecular formula is C12H18N2O3S. The molecule has 1 heterocycles. The van der Waals surface area contributed by atoms with Gasteiger partial charge in [0.1, 0.15) is 0 Å². The largest absolute Gasteiger partial charge is 0.328 e. The maximum Gasteiger partial charge on any atom is 0.247 e. The predicted octanol–water partition coefficient (Wildman–Crippen LogP) is 1.33. The molecule has 1 N–H and O–H groups in total. The van der Waals surface area contributed by atoms with E-state index in [0.29, 0.717) is 6.54 Å². The highest BCUT2D eigenvalue weighted by molar-refractivity contribution is 7.89. The van der Waals surface area contributed by atoms with Gasteiger partial charge in [-0.05, 0) is 25.3 Å². The summed E-state index contributed by atoms with van der Waals surface area (Å²) >= 11 is 0. The third-order valence-electron chi connectivity index (χ3n) is 3.05. The van der Waals surface area contributed by atoms with Crippen molar-refractivity contribution < 1.29 is 8.42 Å². The van der Waals surface area contributed by atoms with Gasteiger partial charge in [-0.2, -0.15) is 4.31 Å². The van der Waals surface area contributed by atoms with Gasteiger partial charge in [0.2, 0.25) is 15.6 Å². The van der Waals surface area contributed by atoms with Gasteiger partial charge in [0.25, 0.3) is 0 Å². The van der Waals surface area contributed by atoms with Crippen LogP contribution in [-0.2, 0) is 10.0 Å². The van der Waals surface area contributed by atoms with E-state index in [4.69, 9.17) is 0 Å². The van der Waals surface area contributed by atoms with Crippen molar-refractivity contribution in [1.82, 2.24) is 9.29 Å². The van der Waals surface area contributed by atoms with Crippen LogP contribution < -0.4 is 5.56 Å². The lowest BCUT2D eigenvalue weighted by molar-refractivity contribution is 0.395. The molecule has 0 bridgehead atoms. The van der Waals surface area contributed by atoms with Crippen molar-refractivity contribution in [3.05, 3.63) is 28.7 Å². The van der Waals surface area contributed by atoms with Gasteiger partial charge >= 0.3 is 0 Å². The number of rotatable bonds is 6. The number of aromatic nitrogens is 1. The maximum absolute atomic E-state index is 12.4. The zero-order chi connectivity index (χ0) is 13.2. The summed E-state index contributed by atoms with van der Waals surface area (Å²) in [5.74, 6) is 0. The van der Waals surface area contributed by atoms with E-state index in [1.54, 1.807) is 4.31 Å². The lowest BCUT2D eigenvalue weighted by Crippen LogP contribution is -2.34. The summed E-state index contributed by atoms with van der Waals surface area (Å²) in [5, 5.41) is 0. The van der Waals surface area contributed by atoms with Crippen LogP contribution in [0, 0.1) is 0 Å². The highest BCUT2D eigenvalue weighted by Gasteiger charge is 2.37. The second-order valence-electron chi connectivity index (χ2n) is 4.59. The van der Waals surface area contributed by atoms with Crippen LogP contribution in [0.2, 0.25) is 0 Å². The van der Waals surface area contributed by atoms with Crippen LogP contribution in [0.3, 0.4) is 0 Å². The lowest BCUT2D eigenvalue weighted by Gasteiger charge is -2.21. The van der Waals surface area contributed by atoms with Gasteiger partial charge in [-0.1, -0.05) is 13.3 Å². The summed E-state index contributed by atoms with van der Waals surface area (Å²) in [7, 11) is -3.46. The highest BCUT2D eigenvalue weighted by Crippen LogP contribution is 2.31. The summed E-state index contributed by atoms with van der Waals surface area (Å²) < 4.78 is 26.4. The van der Waals surface area contributed by atoms with Crippen LogP contribution >= 0.6 is 0 Å². The molecule has 0 aromatic carbocycles. The molecular weight excluding hydrogens is 252 g/mol. The van der Waals surface area contributed by atoms with Crippen LogP contribution in [0.5, 0.6) is 0 Å². The highest BCUT2D eigenvalue weighted by atomic mass is 32.2. The van der Waals surface area contributed by atoms with E-state index in [-0.39, 0.29) is 16.5 Å². The van der Waals surface area contributed by atoms with E-state index in [2.05, 4.69) is 4.98 Å². The van der Waals surface area contributed by atoms with Crippen molar-refractivity contribution in [2.75, 3.05) is 6.54 Å². The number of unbranched alkanes of at least 4 members (excludes halogenated alkanes) is 1. The number of nitrogens with one attached hydrogen (secondary N) is 1. The SMILES string of the molecule is CCCCN(C1CC1)S(=O)(=O)c1ccc(=O)[nH]c1. The van der Waals surface area contributed by atoms with Gasteiger partial charge in [-0.15, -0.1) is 0 Å². The van der Waals surface area contributed by atoms with E-state index in [0.717, 1.165) is 25.7 Å². The van der Waals surface area contributed by atoms with Gasteiger partial charge < -0.3 is 4.98 Å². The first-order valence-corrected chi connectivity index (χ1v) is 7.70. The molecule has 2 rings (SSSR count). The van der Waals surface area contributed by atoms with E-state index in [1.165, 1.54) is 18.3 Å². The third-order valence-corrected chi connectivity index (χ3v) is 5.00. The number of sulfonamides is 1. The molecule has 6 heteroatoms. The number of nitrogens with zero attached hydrogens (tertiary/aromatic N) is 1.